The monoisotopic (exact) mass is 281 g/mol. The second kappa shape index (κ2) is 5.81. The third kappa shape index (κ3) is 3.41. The first-order valence-corrected chi connectivity index (χ1v) is 6.86. The number of nitrogens with zero attached hydrogens (tertiary/aromatic N) is 2. The Labute approximate surface area is 106 Å². The Bertz CT molecular complexity index is 460. The number of alkyl halides is 1. The lowest BCUT2D eigenvalue weighted by atomic mass is 10.4. The summed E-state index contributed by atoms with van der Waals surface area (Å²) < 4.78 is 30.3. The van der Waals surface area contributed by atoms with E-state index in [1.54, 1.807) is 6.92 Å². The van der Waals surface area contributed by atoms with E-state index in [1.165, 1.54) is 24.7 Å². The lowest BCUT2D eigenvalue weighted by molar-refractivity contribution is 0.192. The van der Waals surface area contributed by atoms with Crippen LogP contribution in [0.5, 0.6) is 0 Å². The third-order valence-corrected chi connectivity index (χ3v) is 4.48. The third-order valence-electron chi connectivity index (χ3n) is 2.27. The van der Waals surface area contributed by atoms with E-state index in [0.717, 1.165) is 0 Å². The average Bonchev–Trinajstić information content (AvgIpc) is 2.65. The van der Waals surface area contributed by atoms with Crippen molar-refractivity contribution >= 4 is 21.6 Å². The molecular weight excluding hydrogens is 266 g/mol. The van der Waals surface area contributed by atoms with Crippen molar-refractivity contribution in [3.63, 3.8) is 0 Å². The van der Waals surface area contributed by atoms with Crippen LogP contribution in [0.1, 0.15) is 5.69 Å². The Hall–Kier alpha value is -0.630. The second-order valence-electron chi connectivity index (χ2n) is 3.70. The zero-order valence-electron chi connectivity index (χ0n) is 9.97. The zero-order chi connectivity index (χ0) is 13.1. The second-order valence-corrected chi connectivity index (χ2v) is 6.33. The summed E-state index contributed by atoms with van der Waals surface area (Å²) in [4.78, 5) is 0.168. The van der Waals surface area contributed by atoms with Crippen molar-refractivity contribution in [1.82, 2.24) is 14.5 Å². The van der Waals surface area contributed by atoms with E-state index in [-0.39, 0.29) is 16.8 Å². The number of nitrogens with one attached hydrogen (secondary N) is 1. The van der Waals surface area contributed by atoms with Crippen LogP contribution in [0, 0.1) is 6.92 Å². The molecule has 1 N–H and O–H groups in total. The van der Waals surface area contributed by atoms with E-state index in [1.807, 2.05) is 0 Å². The minimum Gasteiger partial charge on any atom is -0.383 e. The molecule has 8 heteroatoms. The molecule has 0 saturated heterocycles. The predicted octanol–water partition coefficient (Wildman–Crippen LogP) is 0.592. The summed E-state index contributed by atoms with van der Waals surface area (Å²) >= 11 is 5.93. The molecule has 98 valence electrons. The topological polar surface area (TPSA) is 75.3 Å². The molecule has 0 aromatic carbocycles. The number of ether oxygens (including phenoxy) is 1. The fourth-order valence-corrected chi connectivity index (χ4v) is 3.12. The van der Waals surface area contributed by atoms with Crippen molar-refractivity contribution in [3.8, 4) is 0 Å². The molecule has 1 aromatic rings. The van der Waals surface area contributed by atoms with Gasteiger partial charge in [-0.25, -0.2) is 8.42 Å². The smallest absolute Gasteiger partial charge is 0.246 e. The Morgan fingerprint density at radius 3 is 2.76 bits per heavy atom. The standard InChI is InChI=1S/C9H16ClN3O3S/c1-7-9(4-11-12-7)17(14,15)13(2)5-8(10)6-16-3/h4,8H,5-6H2,1-3H3,(H,11,12). The maximum absolute atomic E-state index is 12.1. The van der Waals surface area contributed by atoms with E-state index in [2.05, 4.69) is 10.2 Å². The van der Waals surface area contributed by atoms with E-state index < -0.39 is 10.0 Å². The summed E-state index contributed by atoms with van der Waals surface area (Å²) in [6.07, 6.45) is 1.29. The van der Waals surface area contributed by atoms with Crippen LogP contribution in [0.2, 0.25) is 0 Å². The van der Waals surface area contributed by atoms with Gasteiger partial charge in [-0.15, -0.1) is 11.6 Å². The summed E-state index contributed by atoms with van der Waals surface area (Å²) in [5.74, 6) is 0. The van der Waals surface area contributed by atoms with Gasteiger partial charge in [0.1, 0.15) is 4.90 Å². The lowest BCUT2D eigenvalue weighted by Gasteiger charge is -2.19. The molecule has 0 radical (unpaired) electrons. The van der Waals surface area contributed by atoms with E-state index in [4.69, 9.17) is 16.3 Å². The fourth-order valence-electron chi connectivity index (χ4n) is 1.38. The quantitative estimate of drug-likeness (QED) is 0.775. The molecule has 0 aliphatic rings. The van der Waals surface area contributed by atoms with Gasteiger partial charge in [0.15, 0.2) is 0 Å². The van der Waals surface area contributed by atoms with Gasteiger partial charge in [-0.1, -0.05) is 0 Å². The van der Waals surface area contributed by atoms with Gasteiger partial charge in [-0.3, -0.25) is 5.10 Å². The van der Waals surface area contributed by atoms with E-state index in [9.17, 15) is 8.42 Å². The first kappa shape index (κ1) is 14.4. The number of halogens is 1. The lowest BCUT2D eigenvalue weighted by Crippen LogP contribution is -2.34. The van der Waals surface area contributed by atoms with E-state index in [0.29, 0.717) is 12.3 Å². The van der Waals surface area contributed by atoms with Crippen molar-refractivity contribution in [2.45, 2.75) is 17.2 Å². The molecule has 0 aliphatic carbocycles. The highest BCUT2D eigenvalue weighted by Gasteiger charge is 2.25. The molecule has 1 heterocycles. The van der Waals surface area contributed by atoms with Gasteiger partial charge >= 0.3 is 0 Å². The van der Waals surface area contributed by atoms with Gasteiger partial charge in [0, 0.05) is 20.7 Å². The van der Waals surface area contributed by atoms with Crippen LogP contribution in [0.25, 0.3) is 0 Å². The Kier molecular flexibility index (Phi) is 4.93. The number of hydrogen-bond donors (Lipinski definition) is 1. The first-order valence-electron chi connectivity index (χ1n) is 4.99. The normalized spacial score (nSPS) is 14.2. The molecule has 1 aromatic heterocycles. The highest BCUT2D eigenvalue weighted by molar-refractivity contribution is 7.89. The summed E-state index contributed by atoms with van der Waals surface area (Å²) in [5, 5.41) is 5.91. The minimum absolute atomic E-state index is 0.168. The summed E-state index contributed by atoms with van der Waals surface area (Å²) in [6.45, 7) is 2.13. The van der Waals surface area contributed by atoms with E-state index >= 15 is 0 Å². The molecule has 0 spiro atoms. The predicted molar refractivity (Wildman–Crippen MR) is 64.7 cm³/mol. The van der Waals surface area contributed by atoms with Crippen LogP contribution in [-0.4, -0.2) is 55.6 Å². The molecule has 1 rings (SSSR count). The summed E-state index contributed by atoms with van der Waals surface area (Å²) in [6, 6.07) is 0. The molecule has 0 bridgehead atoms. The van der Waals surface area contributed by atoms with Crippen molar-refractivity contribution in [3.05, 3.63) is 11.9 Å². The Morgan fingerprint density at radius 2 is 2.29 bits per heavy atom. The van der Waals surface area contributed by atoms with Crippen LogP contribution in [0.4, 0.5) is 0 Å². The largest absolute Gasteiger partial charge is 0.383 e. The SMILES string of the molecule is COCC(Cl)CN(C)S(=O)(=O)c1cn[nH]c1C. The first-order chi connectivity index (χ1) is 7.89. The van der Waals surface area contributed by atoms with Crippen molar-refractivity contribution in [2.24, 2.45) is 0 Å². The summed E-state index contributed by atoms with van der Waals surface area (Å²) in [7, 11) is -0.543. The van der Waals surface area contributed by atoms with Crippen LogP contribution >= 0.6 is 11.6 Å². The van der Waals surface area contributed by atoms with Gasteiger partial charge < -0.3 is 4.74 Å². The van der Waals surface area contributed by atoms with Crippen LogP contribution in [0.3, 0.4) is 0 Å². The van der Waals surface area contributed by atoms with Gasteiger partial charge in [-0.2, -0.15) is 9.40 Å². The molecule has 17 heavy (non-hydrogen) atoms. The minimum atomic E-state index is -3.54. The van der Waals surface area contributed by atoms with Gasteiger partial charge in [0.25, 0.3) is 0 Å². The number of aromatic nitrogens is 2. The van der Waals surface area contributed by atoms with Crippen molar-refractivity contribution in [1.29, 1.82) is 0 Å². The highest BCUT2D eigenvalue weighted by atomic mass is 35.5. The molecular formula is C9H16ClN3O3S. The number of sulfonamides is 1. The number of methoxy groups -OCH3 is 1. The number of aromatic amines is 1. The molecule has 0 saturated carbocycles. The molecule has 1 atom stereocenters. The Balaban J connectivity index is 2.81. The van der Waals surface area contributed by atoms with Gasteiger partial charge in [0.2, 0.25) is 10.0 Å². The fraction of sp³-hybridized carbons (Fsp3) is 0.667. The molecule has 0 aliphatic heterocycles. The Morgan fingerprint density at radius 1 is 1.65 bits per heavy atom. The van der Waals surface area contributed by atoms with Crippen LogP contribution in [0.15, 0.2) is 11.1 Å². The van der Waals surface area contributed by atoms with Crippen molar-refractivity contribution in [2.75, 3.05) is 27.3 Å². The maximum atomic E-state index is 12.1. The number of H-pyrrole nitrogens is 1. The number of rotatable bonds is 6. The molecule has 6 nitrogen and oxygen atoms in total. The van der Waals surface area contributed by atoms with Crippen LogP contribution < -0.4 is 0 Å². The molecule has 1 unspecified atom stereocenters. The molecule has 0 fully saturated rings. The number of hydrogen-bond acceptors (Lipinski definition) is 4. The number of aryl methyl sites for hydroxylation is 1. The van der Waals surface area contributed by atoms with Crippen LogP contribution in [-0.2, 0) is 14.8 Å². The zero-order valence-corrected chi connectivity index (χ0v) is 11.5. The average molecular weight is 282 g/mol. The maximum Gasteiger partial charge on any atom is 0.246 e. The van der Waals surface area contributed by atoms with Gasteiger partial charge in [0.05, 0.1) is 23.9 Å². The highest BCUT2D eigenvalue weighted by Crippen LogP contribution is 2.17. The van der Waals surface area contributed by atoms with Gasteiger partial charge in [-0.05, 0) is 6.92 Å². The molecule has 0 amide bonds. The van der Waals surface area contributed by atoms with Crippen molar-refractivity contribution < 1.29 is 13.2 Å². The summed E-state index contributed by atoms with van der Waals surface area (Å²) in [5.41, 5.74) is 0.509.